The van der Waals surface area contributed by atoms with E-state index in [-0.39, 0.29) is 12.5 Å². The molecule has 1 N–H and O–H groups in total. The van der Waals surface area contributed by atoms with Crippen molar-refractivity contribution in [1.82, 2.24) is 9.62 Å². The molecule has 1 rings (SSSR count). The van der Waals surface area contributed by atoms with Crippen LogP contribution in [-0.2, 0) is 14.8 Å². The largest absolute Gasteiger partial charge is 0.302 e. The highest BCUT2D eigenvalue weighted by molar-refractivity contribution is 7.88. The van der Waals surface area contributed by atoms with Gasteiger partial charge in [0.15, 0.2) is 0 Å². The molecule has 1 heterocycles. The summed E-state index contributed by atoms with van der Waals surface area (Å²) in [6.45, 7) is 4.08. The van der Waals surface area contributed by atoms with Gasteiger partial charge in [0.05, 0.1) is 11.8 Å². The van der Waals surface area contributed by atoms with Gasteiger partial charge in [-0.3, -0.25) is 4.79 Å². The third kappa shape index (κ3) is 2.00. The Balaban J connectivity index is 2.97. The van der Waals surface area contributed by atoms with E-state index in [9.17, 15) is 13.2 Å². The second-order valence-corrected chi connectivity index (χ2v) is 5.60. The minimum Gasteiger partial charge on any atom is -0.302 e. The molecule has 1 fully saturated rings. The second-order valence-electron chi connectivity index (χ2n) is 3.69. The lowest BCUT2D eigenvalue weighted by Crippen LogP contribution is -2.62. The summed E-state index contributed by atoms with van der Waals surface area (Å²) in [6, 6.07) is 0. The number of nitrogens with zero attached hydrogens (tertiary/aromatic N) is 1. The molecule has 6 heteroatoms. The standard InChI is InChI=1S/C7H14N2O3S/c1-7(2)6(10)9(5-4-8-7)13(3,11)12/h8H,4-5H2,1-3H3. The predicted molar refractivity (Wildman–Crippen MR) is 48.6 cm³/mol. The molecular weight excluding hydrogens is 192 g/mol. The van der Waals surface area contributed by atoms with E-state index in [0.29, 0.717) is 6.54 Å². The maximum absolute atomic E-state index is 11.6. The van der Waals surface area contributed by atoms with Crippen LogP contribution in [0, 0.1) is 0 Å². The fraction of sp³-hybridized carbons (Fsp3) is 0.857. The average Bonchev–Trinajstić information content (AvgIpc) is 1.92. The topological polar surface area (TPSA) is 66.5 Å². The molecule has 1 aliphatic rings. The number of nitrogens with one attached hydrogen (secondary N) is 1. The Hall–Kier alpha value is -0.620. The van der Waals surface area contributed by atoms with Crippen molar-refractivity contribution in [2.75, 3.05) is 19.3 Å². The number of amides is 1. The molecule has 13 heavy (non-hydrogen) atoms. The normalized spacial score (nSPS) is 23.3. The Morgan fingerprint density at radius 1 is 1.46 bits per heavy atom. The molecule has 0 bridgehead atoms. The van der Waals surface area contributed by atoms with E-state index in [1.807, 2.05) is 0 Å². The highest BCUT2D eigenvalue weighted by atomic mass is 32.2. The molecule has 0 unspecified atom stereocenters. The molecule has 76 valence electrons. The highest BCUT2D eigenvalue weighted by Gasteiger charge is 2.39. The third-order valence-corrected chi connectivity index (χ3v) is 3.19. The minimum absolute atomic E-state index is 0.223. The van der Waals surface area contributed by atoms with Crippen molar-refractivity contribution < 1.29 is 13.2 Å². The summed E-state index contributed by atoms with van der Waals surface area (Å²) in [7, 11) is -3.40. The average molecular weight is 206 g/mol. The van der Waals surface area contributed by atoms with E-state index in [0.717, 1.165) is 10.6 Å². The quantitative estimate of drug-likeness (QED) is 0.607. The SMILES string of the molecule is CC1(C)NCCN(S(C)(=O)=O)C1=O. The first-order chi connectivity index (χ1) is 5.75. The Labute approximate surface area is 78.2 Å². The number of carbonyl (C=O) groups is 1. The van der Waals surface area contributed by atoms with Crippen LogP contribution in [0.3, 0.4) is 0 Å². The van der Waals surface area contributed by atoms with Gasteiger partial charge in [-0.2, -0.15) is 0 Å². The first-order valence-corrected chi connectivity index (χ1v) is 5.87. The zero-order chi connectivity index (χ0) is 10.3. The van der Waals surface area contributed by atoms with Crippen molar-refractivity contribution in [1.29, 1.82) is 0 Å². The smallest absolute Gasteiger partial charge is 0.255 e. The van der Waals surface area contributed by atoms with Crippen LogP contribution in [0.15, 0.2) is 0 Å². The number of hydrogen-bond donors (Lipinski definition) is 1. The van der Waals surface area contributed by atoms with Gasteiger partial charge in [-0.25, -0.2) is 12.7 Å². The van der Waals surface area contributed by atoms with Crippen LogP contribution in [0.1, 0.15) is 13.8 Å². The summed E-state index contributed by atoms with van der Waals surface area (Å²) >= 11 is 0. The Bertz CT molecular complexity index is 321. The first kappa shape index (κ1) is 10.5. The number of sulfonamides is 1. The first-order valence-electron chi connectivity index (χ1n) is 4.02. The van der Waals surface area contributed by atoms with Crippen LogP contribution in [0.4, 0.5) is 0 Å². The molecule has 0 radical (unpaired) electrons. The highest BCUT2D eigenvalue weighted by Crippen LogP contribution is 2.14. The molecule has 0 aromatic heterocycles. The van der Waals surface area contributed by atoms with E-state index < -0.39 is 15.6 Å². The molecule has 1 amide bonds. The molecule has 1 saturated heterocycles. The lowest BCUT2D eigenvalue weighted by atomic mass is 10.0. The summed E-state index contributed by atoms with van der Waals surface area (Å²) in [5, 5.41) is 2.95. The van der Waals surface area contributed by atoms with Crippen molar-refractivity contribution in [3.63, 3.8) is 0 Å². The van der Waals surface area contributed by atoms with Gasteiger partial charge in [0.1, 0.15) is 0 Å². The van der Waals surface area contributed by atoms with Crippen LogP contribution in [0.5, 0.6) is 0 Å². The van der Waals surface area contributed by atoms with Crippen LogP contribution in [0.2, 0.25) is 0 Å². The Morgan fingerprint density at radius 3 is 2.38 bits per heavy atom. The van der Waals surface area contributed by atoms with E-state index >= 15 is 0 Å². The third-order valence-electron chi connectivity index (χ3n) is 2.04. The fourth-order valence-corrected chi connectivity index (χ4v) is 2.23. The Kier molecular flexibility index (Phi) is 2.38. The lowest BCUT2D eigenvalue weighted by molar-refractivity contribution is -0.134. The van der Waals surface area contributed by atoms with Gasteiger partial charge >= 0.3 is 0 Å². The van der Waals surface area contributed by atoms with Crippen molar-refractivity contribution in [3.05, 3.63) is 0 Å². The maximum Gasteiger partial charge on any atom is 0.255 e. The maximum atomic E-state index is 11.6. The minimum atomic E-state index is -3.40. The van der Waals surface area contributed by atoms with Crippen molar-refractivity contribution in [3.8, 4) is 0 Å². The van der Waals surface area contributed by atoms with Gasteiger partial charge < -0.3 is 5.32 Å². The molecule has 0 spiro atoms. The van der Waals surface area contributed by atoms with Gasteiger partial charge in [-0.05, 0) is 13.8 Å². The van der Waals surface area contributed by atoms with Gasteiger partial charge in [-0.1, -0.05) is 0 Å². The number of rotatable bonds is 1. The van der Waals surface area contributed by atoms with Crippen LogP contribution in [0.25, 0.3) is 0 Å². The fourth-order valence-electron chi connectivity index (χ4n) is 1.28. The van der Waals surface area contributed by atoms with Crippen molar-refractivity contribution >= 4 is 15.9 Å². The van der Waals surface area contributed by atoms with Gasteiger partial charge in [0, 0.05) is 13.1 Å². The molecule has 0 atom stereocenters. The van der Waals surface area contributed by atoms with E-state index in [2.05, 4.69) is 5.32 Å². The summed E-state index contributed by atoms with van der Waals surface area (Å²) < 4.78 is 23.2. The second kappa shape index (κ2) is 2.95. The van der Waals surface area contributed by atoms with Crippen LogP contribution in [-0.4, -0.2) is 43.5 Å². The molecule has 0 saturated carbocycles. The monoisotopic (exact) mass is 206 g/mol. The van der Waals surface area contributed by atoms with Crippen LogP contribution < -0.4 is 5.32 Å². The molecule has 5 nitrogen and oxygen atoms in total. The van der Waals surface area contributed by atoms with Gasteiger partial charge in [0.2, 0.25) is 10.0 Å². The zero-order valence-electron chi connectivity index (χ0n) is 7.99. The summed E-state index contributed by atoms with van der Waals surface area (Å²) in [5.74, 6) is -0.388. The number of piperazine rings is 1. The summed E-state index contributed by atoms with van der Waals surface area (Å²) in [6.07, 6.45) is 1.05. The summed E-state index contributed by atoms with van der Waals surface area (Å²) in [5.41, 5.74) is -0.776. The lowest BCUT2D eigenvalue weighted by Gasteiger charge is -2.36. The van der Waals surface area contributed by atoms with E-state index in [1.54, 1.807) is 13.8 Å². The van der Waals surface area contributed by atoms with Crippen molar-refractivity contribution in [2.24, 2.45) is 0 Å². The molecule has 1 aliphatic heterocycles. The number of hydrogen-bond acceptors (Lipinski definition) is 4. The number of carbonyl (C=O) groups excluding carboxylic acids is 1. The molecule has 0 aromatic rings. The van der Waals surface area contributed by atoms with Crippen molar-refractivity contribution in [2.45, 2.75) is 19.4 Å². The van der Waals surface area contributed by atoms with Gasteiger partial charge in [-0.15, -0.1) is 0 Å². The zero-order valence-corrected chi connectivity index (χ0v) is 8.81. The summed E-state index contributed by atoms with van der Waals surface area (Å²) in [4.78, 5) is 11.6. The molecule has 0 aliphatic carbocycles. The van der Waals surface area contributed by atoms with E-state index in [4.69, 9.17) is 0 Å². The van der Waals surface area contributed by atoms with Gasteiger partial charge in [0.25, 0.3) is 5.91 Å². The van der Waals surface area contributed by atoms with Crippen LogP contribution >= 0.6 is 0 Å². The predicted octanol–water partition coefficient (Wildman–Crippen LogP) is -0.844. The van der Waals surface area contributed by atoms with E-state index in [1.165, 1.54) is 0 Å². The molecular formula is C7H14N2O3S. The molecule has 0 aromatic carbocycles. The Morgan fingerprint density at radius 2 is 2.00 bits per heavy atom.